The van der Waals surface area contributed by atoms with Gasteiger partial charge in [0.25, 0.3) is 0 Å². The van der Waals surface area contributed by atoms with Crippen molar-refractivity contribution in [1.29, 1.82) is 0 Å². The van der Waals surface area contributed by atoms with Crippen LogP contribution in [0.5, 0.6) is 5.75 Å². The third-order valence-electron chi connectivity index (χ3n) is 4.27. The first kappa shape index (κ1) is 17.6. The lowest BCUT2D eigenvalue weighted by molar-refractivity contribution is -0.131. The molecule has 1 aliphatic carbocycles. The monoisotopic (exact) mass is 350 g/mol. The Labute approximate surface area is 150 Å². The van der Waals surface area contributed by atoms with Gasteiger partial charge >= 0.3 is 5.97 Å². The maximum absolute atomic E-state index is 12.3. The largest absolute Gasteiger partial charge is 0.507 e. The van der Waals surface area contributed by atoms with E-state index in [1.165, 1.54) is 6.92 Å². The van der Waals surface area contributed by atoms with E-state index in [1.807, 2.05) is 12.1 Å². The summed E-state index contributed by atoms with van der Waals surface area (Å²) in [6.07, 6.45) is 1.59. The standard InChI is InChI=1S/C21H18O5/c1-13(22)26-15-11-9-14(10-12-15)5-4-8-18-19(23)16-6-2-3-7-17(16)20(24)21(18)25/h2-3,6-7,9-12,23H,4-5,8H2,1H3. The Bertz CT molecular complexity index is 906. The number of rotatable bonds is 5. The number of hydrogen-bond acceptors (Lipinski definition) is 5. The van der Waals surface area contributed by atoms with Crippen LogP contribution < -0.4 is 4.74 Å². The van der Waals surface area contributed by atoms with Crippen LogP contribution in [0.2, 0.25) is 0 Å². The Kier molecular flexibility index (Phi) is 4.98. The van der Waals surface area contributed by atoms with E-state index in [-0.39, 0.29) is 22.9 Å². The minimum Gasteiger partial charge on any atom is -0.507 e. The van der Waals surface area contributed by atoms with Gasteiger partial charge in [0.15, 0.2) is 0 Å². The minimum absolute atomic E-state index is 0.101. The molecule has 26 heavy (non-hydrogen) atoms. The Morgan fingerprint density at radius 2 is 1.58 bits per heavy atom. The zero-order chi connectivity index (χ0) is 18.7. The molecule has 0 heterocycles. The van der Waals surface area contributed by atoms with Gasteiger partial charge in [0.1, 0.15) is 11.5 Å². The fraction of sp³-hybridized carbons (Fsp3) is 0.190. The molecular formula is C21H18O5. The summed E-state index contributed by atoms with van der Waals surface area (Å²) in [6.45, 7) is 1.34. The van der Waals surface area contributed by atoms with Crippen molar-refractivity contribution in [1.82, 2.24) is 0 Å². The van der Waals surface area contributed by atoms with Crippen LogP contribution in [0.4, 0.5) is 0 Å². The summed E-state index contributed by atoms with van der Waals surface area (Å²) in [4.78, 5) is 35.4. The highest BCUT2D eigenvalue weighted by atomic mass is 16.5. The fourth-order valence-electron chi connectivity index (χ4n) is 3.01. The van der Waals surface area contributed by atoms with Crippen LogP contribution in [0.15, 0.2) is 54.1 Å². The number of aliphatic hydroxyl groups is 1. The molecule has 0 bridgehead atoms. The van der Waals surface area contributed by atoms with Gasteiger partial charge in [-0.25, -0.2) is 0 Å². The number of aliphatic hydroxyl groups excluding tert-OH is 1. The summed E-state index contributed by atoms with van der Waals surface area (Å²) in [6, 6.07) is 13.7. The van der Waals surface area contributed by atoms with Crippen molar-refractivity contribution in [3.63, 3.8) is 0 Å². The number of hydrogen-bond donors (Lipinski definition) is 1. The van der Waals surface area contributed by atoms with Gasteiger partial charge in [-0.2, -0.15) is 0 Å². The average Bonchev–Trinajstić information content (AvgIpc) is 2.63. The van der Waals surface area contributed by atoms with Crippen molar-refractivity contribution < 1.29 is 24.2 Å². The average molecular weight is 350 g/mol. The minimum atomic E-state index is -0.633. The second-order valence-electron chi connectivity index (χ2n) is 6.12. The van der Waals surface area contributed by atoms with E-state index in [0.29, 0.717) is 30.6 Å². The van der Waals surface area contributed by atoms with Crippen LogP contribution in [0, 0.1) is 0 Å². The molecule has 132 valence electrons. The first-order valence-electron chi connectivity index (χ1n) is 8.35. The third-order valence-corrected chi connectivity index (χ3v) is 4.27. The van der Waals surface area contributed by atoms with Gasteiger partial charge in [0.2, 0.25) is 11.6 Å². The molecule has 0 fully saturated rings. The van der Waals surface area contributed by atoms with Crippen molar-refractivity contribution in [3.05, 3.63) is 70.8 Å². The van der Waals surface area contributed by atoms with Crippen LogP contribution in [-0.4, -0.2) is 22.6 Å². The van der Waals surface area contributed by atoms with Crippen LogP contribution in [0.3, 0.4) is 0 Å². The van der Waals surface area contributed by atoms with E-state index in [0.717, 1.165) is 5.56 Å². The molecular weight excluding hydrogens is 332 g/mol. The normalized spacial score (nSPS) is 13.6. The Balaban J connectivity index is 1.69. The molecule has 0 saturated heterocycles. The molecule has 0 aliphatic heterocycles. The molecule has 0 radical (unpaired) electrons. The third kappa shape index (κ3) is 3.57. The molecule has 2 aromatic carbocycles. The predicted molar refractivity (Wildman–Crippen MR) is 96.0 cm³/mol. The lowest BCUT2D eigenvalue weighted by Gasteiger charge is -2.17. The molecule has 3 rings (SSSR count). The first-order valence-corrected chi connectivity index (χ1v) is 8.35. The highest BCUT2D eigenvalue weighted by Crippen LogP contribution is 2.30. The number of allylic oxidation sites excluding steroid dienone is 1. The van der Waals surface area contributed by atoms with Gasteiger partial charge in [-0.15, -0.1) is 0 Å². The van der Waals surface area contributed by atoms with Gasteiger partial charge in [-0.05, 0) is 37.0 Å². The van der Waals surface area contributed by atoms with E-state index >= 15 is 0 Å². The Morgan fingerprint density at radius 3 is 2.23 bits per heavy atom. The topological polar surface area (TPSA) is 80.7 Å². The first-order chi connectivity index (χ1) is 12.5. The van der Waals surface area contributed by atoms with Crippen molar-refractivity contribution in [2.45, 2.75) is 26.2 Å². The molecule has 0 amide bonds. The van der Waals surface area contributed by atoms with Crippen LogP contribution in [0.25, 0.3) is 5.76 Å². The number of carbonyl (C=O) groups is 3. The molecule has 0 unspecified atom stereocenters. The summed E-state index contributed by atoms with van der Waals surface area (Å²) in [5.74, 6) is -1.20. The number of benzene rings is 2. The summed E-state index contributed by atoms with van der Waals surface area (Å²) in [7, 11) is 0. The maximum atomic E-state index is 12.3. The molecule has 0 saturated carbocycles. The molecule has 5 heteroatoms. The van der Waals surface area contributed by atoms with Gasteiger partial charge in [0, 0.05) is 23.6 Å². The maximum Gasteiger partial charge on any atom is 0.308 e. The predicted octanol–water partition coefficient (Wildman–Crippen LogP) is 3.67. The number of fused-ring (bicyclic) bond motifs is 1. The molecule has 1 N–H and O–H groups in total. The van der Waals surface area contributed by atoms with Crippen LogP contribution in [0.1, 0.15) is 41.3 Å². The quantitative estimate of drug-likeness (QED) is 0.505. The lowest BCUT2D eigenvalue weighted by atomic mass is 9.86. The van der Waals surface area contributed by atoms with E-state index < -0.39 is 11.6 Å². The smallest absolute Gasteiger partial charge is 0.308 e. The second-order valence-corrected chi connectivity index (χ2v) is 6.12. The summed E-state index contributed by atoms with van der Waals surface area (Å²) in [5.41, 5.74) is 1.85. The molecule has 0 spiro atoms. The number of aryl methyl sites for hydroxylation is 1. The van der Waals surface area contributed by atoms with Crippen molar-refractivity contribution in [2.24, 2.45) is 0 Å². The zero-order valence-corrected chi connectivity index (χ0v) is 14.3. The number of ketones is 2. The van der Waals surface area contributed by atoms with Crippen LogP contribution in [-0.2, 0) is 16.0 Å². The zero-order valence-electron chi connectivity index (χ0n) is 14.3. The van der Waals surface area contributed by atoms with Gasteiger partial charge in [0.05, 0.1) is 0 Å². The summed E-state index contributed by atoms with van der Waals surface area (Å²) >= 11 is 0. The number of Topliss-reactive ketones (excluding diaryl/α,β-unsaturated/α-hetero) is 2. The molecule has 0 aromatic heterocycles. The Hall–Kier alpha value is -3.21. The van der Waals surface area contributed by atoms with E-state index in [4.69, 9.17) is 4.74 Å². The molecule has 0 atom stereocenters. The highest BCUT2D eigenvalue weighted by molar-refractivity contribution is 6.52. The summed E-state index contributed by atoms with van der Waals surface area (Å²) in [5, 5.41) is 10.4. The van der Waals surface area contributed by atoms with Gasteiger partial charge in [-0.1, -0.05) is 36.4 Å². The fourth-order valence-corrected chi connectivity index (χ4v) is 3.01. The molecule has 1 aliphatic rings. The Morgan fingerprint density at radius 1 is 0.923 bits per heavy atom. The highest BCUT2D eigenvalue weighted by Gasteiger charge is 2.31. The summed E-state index contributed by atoms with van der Waals surface area (Å²) < 4.78 is 4.98. The molecule has 2 aromatic rings. The van der Waals surface area contributed by atoms with E-state index in [1.54, 1.807) is 36.4 Å². The molecule has 5 nitrogen and oxygen atoms in total. The van der Waals surface area contributed by atoms with Crippen molar-refractivity contribution >= 4 is 23.3 Å². The van der Waals surface area contributed by atoms with E-state index in [2.05, 4.69) is 0 Å². The SMILES string of the molecule is CC(=O)Oc1ccc(CCCC2=C(O)c3ccccc3C(=O)C2=O)cc1. The lowest BCUT2D eigenvalue weighted by Crippen LogP contribution is -2.24. The van der Waals surface area contributed by atoms with Gasteiger partial charge in [-0.3, -0.25) is 14.4 Å². The number of carbonyl (C=O) groups excluding carboxylic acids is 3. The van der Waals surface area contributed by atoms with Crippen LogP contribution >= 0.6 is 0 Å². The van der Waals surface area contributed by atoms with Crippen molar-refractivity contribution in [2.75, 3.05) is 0 Å². The van der Waals surface area contributed by atoms with Gasteiger partial charge < -0.3 is 9.84 Å². The van der Waals surface area contributed by atoms with Crippen molar-refractivity contribution in [3.8, 4) is 5.75 Å². The number of esters is 1. The second kappa shape index (κ2) is 7.35. The van der Waals surface area contributed by atoms with E-state index in [9.17, 15) is 19.5 Å². The number of ether oxygens (including phenoxy) is 1.